The number of benzene rings is 2. The molecule has 1 spiro atoms. The summed E-state index contributed by atoms with van der Waals surface area (Å²) in [5, 5.41) is 15.8. The van der Waals surface area contributed by atoms with E-state index in [0.29, 0.717) is 38.8 Å². The summed E-state index contributed by atoms with van der Waals surface area (Å²) in [5.41, 5.74) is 3.46. The number of aldehydes is 1. The molecule has 210 valence electrons. The first kappa shape index (κ1) is 26.2. The second-order valence-electron chi connectivity index (χ2n) is 11.6. The highest BCUT2D eigenvalue weighted by Gasteiger charge is 2.42. The molecule has 2 saturated heterocycles. The predicted molar refractivity (Wildman–Crippen MR) is 149 cm³/mol. The van der Waals surface area contributed by atoms with E-state index >= 15 is 0 Å². The monoisotopic (exact) mass is 545 g/mol. The minimum Gasteiger partial charge on any atom is -0.487 e. The molecule has 40 heavy (non-hydrogen) atoms. The Hall–Kier alpha value is -3.99. The van der Waals surface area contributed by atoms with E-state index in [1.807, 2.05) is 38.1 Å². The molecule has 0 aliphatic carbocycles. The molecule has 2 aromatic carbocycles. The molecule has 0 bridgehead atoms. The largest absolute Gasteiger partial charge is 0.487 e. The van der Waals surface area contributed by atoms with Crippen LogP contribution in [0.25, 0.3) is 11.1 Å². The molecule has 2 fully saturated rings. The summed E-state index contributed by atoms with van der Waals surface area (Å²) in [5.74, 6) is 1.55. The minimum absolute atomic E-state index is 0.0932. The van der Waals surface area contributed by atoms with Crippen molar-refractivity contribution in [3.8, 4) is 16.9 Å². The van der Waals surface area contributed by atoms with Crippen molar-refractivity contribution in [1.29, 1.82) is 0 Å². The van der Waals surface area contributed by atoms with E-state index in [1.54, 1.807) is 4.90 Å². The molecule has 3 aliphatic heterocycles. The Bertz CT molecular complexity index is 1370. The van der Waals surface area contributed by atoms with Gasteiger partial charge in [-0.25, -0.2) is 4.79 Å². The number of anilines is 2. The van der Waals surface area contributed by atoms with Gasteiger partial charge in [-0.3, -0.25) is 0 Å². The fourth-order valence-electron chi connectivity index (χ4n) is 5.55. The van der Waals surface area contributed by atoms with E-state index in [0.717, 1.165) is 61.2 Å². The highest BCUT2D eigenvalue weighted by atomic mass is 16.5. The standard InChI is InChI=1S/C29H35N7O4/c1-28(2,20-37)19-36-32-26(31-33-36)34-11-9-29(10-12-34)18-23-17-22(5-8-25(23)40-29)21-3-6-24(7-4-21)30-27(38)35-13-15-39-16-14-35/h3-8,17,20H,9-16,18-19H2,1-2H3,(H,30,38). The van der Waals surface area contributed by atoms with Crippen LogP contribution in [0.2, 0.25) is 0 Å². The third-order valence-electron chi connectivity index (χ3n) is 7.94. The Morgan fingerprint density at radius 1 is 1.05 bits per heavy atom. The van der Waals surface area contributed by atoms with Gasteiger partial charge in [-0.15, -0.1) is 5.10 Å². The first-order valence-corrected chi connectivity index (χ1v) is 13.9. The van der Waals surface area contributed by atoms with Gasteiger partial charge >= 0.3 is 6.03 Å². The molecule has 11 nitrogen and oxygen atoms in total. The Morgan fingerprint density at radius 3 is 2.50 bits per heavy atom. The number of aromatic nitrogens is 4. The number of hydrogen-bond acceptors (Lipinski definition) is 8. The van der Waals surface area contributed by atoms with E-state index in [1.165, 1.54) is 10.4 Å². The van der Waals surface area contributed by atoms with Crippen molar-refractivity contribution in [2.45, 2.75) is 45.3 Å². The van der Waals surface area contributed by atoms with Gasteiger partial charge in [0.05, 0.1) is 19.8 Å². The van der Waals surface area contributed by atoms with Gasteiger partial charge in [0, 0.05) is 56.5 Å². The summed E-state index contributed by atoms with van der Waals surface area (Å²) in [6.07, 6.45) is 3.51. The third-order valence-corrected chi connectivity index (χ3v) is 7.94. The zero-order chi connectivity index (χ0) is 27.7. The summed E-state index contributed by atoms with van der Waals surface area (Å²) in [6, 6.07) is 14.3. The average molecular weight is 546 g/mol. The van der Waals surface area contributed by atoms with Gasteiger partial charge in [0.1, 0.15) is 17.6 Å². The molecule has 0 atom stereocenters. The Labute approximate surface area is 233 Å². The summed E-state index contributed by atoms with van der Waals surface area (Å²) < 4.78 is 11.9. The highest BCUT2D eigenvalue weighted by molar-refractivity contribution is 5.89. The van der Waals surface area contributed by atoms with Crippen molar-refractivity contribution in [2.75, 3.05) is 49.6 Å². The molecular weight excluding hydrogens is 510 g/mol. The second-order valence-corrected chi connectivity index (χ2v) is 11.6. The van der Waals surface area contributed by atoms with Gasteiger partial charge in [-0.05, 0) is 46.2 Å². The topological polar surface area (TPSA) is 115 Å². The maximum atomic E-state index is 12.5. The molecule has 3 aliphatic rings. The van der Waals surface area contributed by atoms with Gasteiger partial charge in [0.2, 0.25) is 0 Å². The zero-order valence-electron chi connectivity index (χ0n) is 23.0. The van der Waals surface area contributed by atoms with Gasteiger partial charge in [-0.2, -0.15) is 4.80 Å². The number of rotatable bonds is 6. The first-order chi connectivity index (χ1) is 19.3. The molecule has 11 heteroatoms. The summed E-state index contributed by atoms with van der Waals surface area (Å²) >= 11 is 0. The van der Waals surface area contributed by atoms with Crippen LogP contribution in [-0.4, -0.2) is 82.4 Å². The van der Waals surface area contributed by atoms with Crippen molar-refractivity contribution in [3.63, 3.8) is 0 Å². The van der Waals surface area contributed by atoms with Crippen LogP contribution in [0.4, 0.5) is 16.4 Å². The Morgan fingerprint density at radius 2 is 1.77 bits per heavy atom. The van der Waals surface area contributed by atoms with Crippen LogP contribution in [0.5, 0.6) is 5.75 Å². The fraction of sp³-hybridized carbons (Fsp3) is 0.483. The number of piperidine rings is 1. The molecule has 1 aromatic heterocycles. The number of amides is 2. The minimum atomic E-state index is -0.534. The molecule has 1 N–H and O–H groups in total. The zero-order valence-corrected chi connectivity index (χ0v) is 23.0. The van der Waals surface area contributed by atoms with Crippen LogP contribution >= 0.6 is 0 Å². The molecule has 0 unspecified atom stereocenters. The van der Waals surface area contributed by atoms with Crippen molar-refractivity contribution in [2.24, 2.45) is 5.41 Å². The summed E-state index contributed by atoms with van der Waals surface area (Å²) in [4.78, 5) is 29.1. The van der Waals surface area contributed by atoms with Crippen LogP contribution in [0.3, 0.4) is 0 Å². The Kier molecular flexibility index (Phi) is 6.91. The fourth-order valence-corrected chi connectivity index (χ4v) is 5.55. The number of hydrogen-bond donors (Lipinski definition) is 1. The van der Waals surface area contributed by atoms with Crippen molar-refractivity contribution < 1.29 is 19.1 Å². The average Bonchev–Trinajstić information content (AvgIpc) is 3.57. The van der Waals surface area contributed by atoms with Gasteiger partial charge in [-0.1, -0.05) is 37.1 Å². The van der Waals surface area contributed by atoms with Crippen LogP contribution < -0.4 is 15.0 Å². The van der Waals surface area contributed by atoms with Crippen molar-refractivity contribution in [1.82, 2.24) is 25.1 Å². The molecule has 3 aromatic rings. The third kappa shape index (κ3) is 5.51. The Balaban J connectivity index is 1.06. The van der Waals surface area contributed by atoms with E-state index < -0.39 is 5.41 Å². The van der Waals surface area contributed by atoms with Crippen molar-refractivity contribution >= 4 is 24.0 Å². The number of nitrogens with zero attached hydrogens (tertiary/aromatic N) is 6. The molecule has 4 heterocycles. The number of fused-ring (bicyclic) bond motifs is 1. The number of ether oxygens (including phenoxy) is 2. The normalized spacial score (nSPS) is 18.4. The van der Waals surface area contributed by atoms with Gasteiger partial charge in [0.25, 0.3) is 5.95 Å². The SMILES string of the molecule is CC(C)(C=O)Cn1nnc(N2CCC3(CC2)Cc2cc(-c4ccc(NC(=O)N5CCOCC5)cc4)ccc2O3)n1. The van der Waals surface area contributed by atoms with Crippen LogP contribution in [0.1, 0.15) is 32.3 Å². The molecule has 0 saturated carbocycles. The lowest BCUT2D eigenvalue weighted by molar-refractivity contribution is -0.115. The molecule has 0 radical (unpaired) electrons. The van der Waals surface area contributed by atoms with Crippen LogP contribution in [-0.2, 0) is 22.5 Å². The van der Waals surface area contributed by atoms with Gasteiger partial charge in [0.15, 0.2) is 0 Å². The first-order valence-electron chi connectivity index (χ1n) is 13.9. The smallest absolute Gasteiger partial charge is 0.321 e. The predicted octanol–water partition coefficient (Wildman–Crippen LogP) is 3.40. The molecule has 6 rings (SSSR count). The maximum absolute atomic E-state index is 12.5. The number of carbonyl (C=O) groups is 2. The molecular formula is C29H35N7O4. The summed E-state index contributed by atoms with van der Waals surface area (Å²) in [6.45, 7) is 8.05. The molecule has 2 amide bonds. The lowest BCUT2D eigenvalue weighted by Gasteiger charge is -2.38. The van der Waals surface area contributed by atoms with Crippen LogP contribution in [0.15, 0.2) is 42.5 Å². The van der Waals surface area contributed by atoms with Gasteiger partial charge < -0.3 is 29.4 Å². The number of morpholine rings is 1. The van der Waals surface area contributed by atoms with E-state index in [4.69, 9.17) is 9.47 Å². The van der Waals surface area contributed by atoms with E-state index in [-0.39, 0.29) is 11.6 Å². The summed E-state index contributed by atoms with van der Waals surface area (Å²) in [7, 11) is 0. The lowest BCUT2D eigenvalue weighted by atomic mass is 9.86. The number of urea groups is 1. The van der Waals surface area contributed by atoms with Crippen molar-refractivity contribution in [3.05, 3.63) is 48.0 Å². The quantitative estimate of drug-likeness (QED) is 0.469. The van der Waals surface area contributed by atoms with Crippen LogP contribution in [0, 0.1) is 5.41 Å². The number of nitrogens with one attached hydrogen (secondary N) is 1. The second kappa shape index (κ2) is 10.5. The van der Waals surface area contributed by atoms with E-state index in [9.17, 15) is 9.59 Å². The lowest BCUT2D eigenvalue weighted by Crippen LogP contribution is -2.47. The maximum Gasteiger partial charge on any atom is 0.321 e. The van der Waals surface area contributed by atoms with E-state index in [2.05, 4.69) is 43.8 Å². The number of carbonyl (C=O) groups excluding carboxylic acids is 2. The highest BCUT2D eigenvalue weighted by Crippen LogP contribution is 2.43. The number of tetrazole rings is 1.